The Bertz CT molecular complexity index is 639. The van der Waals surface area contributed by atoms with Crippen molar-refractivity contribution >= 4 is 5.69 Å². The Morgan fingerprint density at radius 2 is 2.19 bits per heavy atom. The van der Waals surface area contributed by atoms with Crippen LogP contribution in [0.1, 0.15) is 39.2 Å². The molecule has 1 aliphatic rings. The monoisotopic (exact) mass is 289 g/mol. The Kier molecular flexibility index (Phi) is 3.61. The molecule has 0 amide bonds. The number of rotatable bonds is 3. The molecule has 0 bridgehead atoms. The Hall–Kier alpha value is -1.98. The molecule has 21 heavy (non-hydrogen) atoms. The van der Waals surface area contributed by atoms with Gasteiger partial charge in [-0.3, -0.25) is 0 Å². The second-order valence-corrected chi connectivity index (χ2v) is 5.86. The number of anilines is 1. The smallest absolute Gasteiger partial charge is 0.182 e. The number of nitrogens with zero attached hydrogens (tertiary/aromatic N) is 4. The summed E-state index contributed by atoms with van der Waals surface area (Å²) in [5, 5.41) is 12.0. The summed E-state index contributed by atoms with van der Waals surface area (Å²) in [6.07, 6.45) is 3.43. The molecule has 112 valence electrons. The summed E-state index contributed by atoms with van der Waals surface area (Å²) in [5.74, 6) is 1.40. The number of tetrazole rings is 1. The first kappa shape index (κ1) is 14.0. The Balaban J connectivity index is 1.96. The maximum atomic E-state index is 13.7. The molecule has 1 aliphatic carbocycles. The van der Waals surface area contributed by atoms with Gasteiger partial charge in [-0.2, -0.15) is 0 Å². The summed E-state index contributed by atoms with van der Waals surface area (Å²) >= 11 is 0. The number of benzene rings is 1. The van der Waals surface area contributed by atoms with E-state index in [0.717, 1.165) is 6.42 Å². The van der Waals surface area contributed by atoms with Crippen LogP contribution in [0.4, 0.5) is 10.1 Å². The summed E-state index contributed by atoms with van der Waals surface area (Å²) in [5.41, 5.74) is 6.33. The lowest BCUT2D eigenvalue weighted by atomic mass is 9.93. The van der Waals surface area contributed by atoms with Crippen LogP contribution < -0.4 is 5.73 Å². The maximum absolute atomic E-state index is 13.7. The van der Waals surface area contributed by atoms with Crippen molar-refractivity contribution in [3.63, 3.8) is 0 Å². The average Bonchev–Trinajstić information content (AvgIpc) is 3.08. The molecule has 1 saturated carbocycles. The molecule has 0 aliphatic heterocycles. The number of nitrogen functional groups attached to an aromatic ring is 1. The third-order valence-electron chi connectivity index (χ3n) is 4.77. The Morgan fingerprint density at radius 1 is 1.38 bits per heavy atom. The van der Waals surface area contributed by atoms with Crippen LogP contribution in [0.15, 0.2) is 18.2 Å². The van der Waals surface area contributed by atoms with Gasteiger partial charge in [0.05, 0.1) is 11.7 Å². The van der Waals surface area contributed by atoms with E-state index in [9.17, 15) is 4.39 Å². The van der Waals surface area contributed by atoms with Crippen molar-refractivity contribution in [2.75, 3.05) is 5.73 Å². The molecule has 0 saturated heterocycles. The largest absolute Gasteiger partial charge is 0.396 e. The van der Waals surface area contributed by atoms with E-state index < -0.39 is 5.82 Å². The minimum absolute atomic E-state index is 0.137. The summed E-state index contributed by atoms with van der Waals surface area (Å²) in [7, 11) is 0. The molecule has 1 fully saturated rings. The van der Waals surface area contributed by atoms with E-state index in [1.165, 1.54) is 18.9 Å². The first-order valence-electron chi connectivity index (χ1n) is 7.45. The Morgan fingerprint density at radius 3 is 2.86 bits per heavy atom. The van der Waals surface area contributed by atoms with Gasteiger partial charge < -0.3 is 5.73 Å². The third-order valence-corrected chi connectivity index (χ3v) is 4.77. The van der Waals surface area contributed by atoms with E-state index in [-0.39, 0.29) is 11.7 Å². The van der Waals surface area contributed by atoms with Crippen LogP contribution in [0.5, 0.6) is 0 Å². The zero-order chi connectivity index (χ0) is 15.0. The van der Waals surface area contributed by atoms with Crippen molar-refractivity contribution in [2.24, 2.45) is 11.8 Å². The molecule has 0 spiro atoms. The molecule has 3 unspecified atom stereocenters. The maximum Gasteiger partial charge on any atom is 0.182 e. The van der Waals surface area contributed by atoms with Gasteiger partial charge in [0.15, 0.2) is 5.82 Å². The van der Waals surface area contributed by atoms with Crippen molar-refractivity contribution in [1.29, 1.82) is 0 Å². The van der Waals surface area contributed by atoms with Gasteiger partial charge in [-0.1, -0.05) is 20.3 Å². The summed E-state index contributed by atoms with van der Waals surface area (Å²) in [6, 6.07) is 4.99. The van der Waals surface area contributed by atoms with Crippen molar-refractivity contribution in [3.8, 4) is 11.4 Å². The van der Waals surface area contributed by atoms with Crippen LogP contribution in [-0.2, 0) is 0 Å². The highest BCUT2D eigenvalue weighted by atomic mass is 19.1. The summed E-state index contributed by atoms with van der Waals surface area (Å²) < 4.78 is 15.5. The predicted molar refractivity (Wildman–Crippen MR) is 78.8 cm³/mol. The van der Waals surface area contributed by atoms with Crippen molar-refractivity contribution in [1.82, 2.24) is 20.2 Å². The molecule has 1 heterocycles. The van der Waals surface area contributed by atoms with Crippen LogP contribution in [0.25, 0.3) is 11.4 Å². The lowest BCUT2D eigenvalue weighted by Crippen LogP contribution is -2.18. The normalized spacial score (nSPS) is 25.4. The number of aromatic nitrogens is 4. The third kappa shape index (κ3) is 2.39. The molecule has 5 nitrogen and oxygen atoms in total. The molecular formula is C15H20FN5. The second-order valence-electron chi connectivity index (χ2n) is 5.86. The predicted octanol–water partition coefficient (Wildman–Crippen LogP) is 3.06. The fourth-order valence-electron chi connectivity index (χ4n) is 3.42. The molecule has 1 aromatic carbocycles. The number of halogens is 1. The minimum Gasteiger partial charge on any atom is -0.396 e. The first-order valence-corrected chi connectivity index (χ1v) is 7.45. The molecular weight excluding hydrogens is 269 g/mol. The molecule has 3 rings (SSSR count). The van der Waals surface area contributed by atoms with Crippen LogP contribution in [0.2, 0.25) is 0 Å². The fourth-order valence-corrected chi connectivity index (χ4v) is 3.42. The number of nitrogens with two attached hydrogens (primary N) is 1. The van der Waals surface area contributed by atoms with Gasteiger partial charge in [-0.25, -0.2) is 9.07 Å². The van der Waals surface area contributed by atoms with Crippen molar-refractivity contribution in [3.05, 3.63) is 24.0 Å². The Labute approximate surface area is 123 Å². The van der Waals surface area contributed by atoms with Crippen LogP contribution >= 0.6 is 0 Å². The van der Waals surface area contributed by atoms with Gasteiger partial charge in [-0.05, 0) is 53.3 Å². The van der Waals surface area contributed by atoms with Gasteiger partial charge in [0.2, 0.25) is 0 Å². The van der Waals surface area contributed by atoms with Gasteiger partial charge in [0.25, 0.3) is 0 Å². The molecule has 2 N–H and O–H groups in total. The van der Waals surface area contributed by atoms with Crippen molar-refractivity contribution < 1.29 is 4.39 Å². The average molecular weight is 289 g/mol. The van der Waals surface area contributed by atoms with E-state index in [1.807, 2.05) is 4.68 Å². The van der Waals surface area contributed by atoms with E-state index in [1.54, 1.807) is 12.1 Å². The van der Waals surface area contributed by atoms with E-state index in [0.29, 0.717) is 23.2 Å². The molecule has 3 atom stereocenters. The van der Waals surface area contributed by atoms with E-state index in [4.69, 9.17) is 5.73 Å². The molecule has 6 heteroatoms. The van der Waals surface area contributed by atoms with Crippen LogP contribution in [0.3, 0.4) is 0 Å². The molecule has 2 aromatic rings. The number of hydrogen-bond donors (Lipinski definition) is 1. The van der Waals surface area contributed by atoms with Gasteiger partial charge in [0.1, 0.15) is 5.82 Å². The van der Waals surface area contributed by atoms with Crippen LogP contribution in [-0.4, -0.2) is 20.2 Å². The standard InChI is InChI=1S/C15H20FN5/c1-3-10-5-7-14(9(10)2)21-15(18-19-20-21)11-4-6-13(17)12(16)8-11/h4,6,8-10,14H,3,5,7,17H2,1-2H3. The zero-order valence-corrected chi connectivity index (χ0v) is 12.3. The highest BCUT2D eigenvalue weighted by Gasteiger charge is 2.35. The summed E-state index contributed by atoms with van der Waals surface area (Å²) in [6.45, 7) is 4.47. The van der Waals surface area contributed by atoms with Gasteiger partial charge in [0, 0.05) is 5.56 Å². The highest BCUT2D eigenvalue weighted by Crippen LogP contribution is 2.42. The SMILES string of the molecule is CCC1CCC(n2nnnc2-c2ccc(N)c(F)c2)C1C. The fraction of sp³-hybridized carbons (Fsp3) is 0.533. The lowest BCUT2D eigenvalue weighted by Gasteiger charge is -2.20. The molecule has 1 aromatic heterocycles. The highest BCUT2D eigenvalue weighted by molar-refractivity contribution is 5.59. The quantitative estimate of drug-likeness (QED) is 0.882. The second kappa shape index (κ2) is 5.42. The zero-order valence-electron chi connectivity index (χ0n) is 12.3. The summed E-state index contributed by atoms with van der Waals surface area (Å²) in [4.78, 5) is 0. The van der Waals surface area contributed by atoms with E-state index in [2.05, 4.69) is 29.4 Å². The lowest BCUT2D eigenvalue weighted by molar-refractivity contribution is 0.310. The minimum atomic E-state index is -0.437. The first-order chi connectivity index (χ1) is 10.1. The van der Waals surface area contributed by atoms with Gasteiger partial charge in [-0.15, -0.1) is 5.10 Å². The van der Waals surface area contributed by atoms with Gasteiger partial charge >= 0.3 is 0 Å². The van der Waals surface area contributed by atoms with Crippen molar-refractivity contribution in [2.45, 2.75) is 39.2 Å². The van der Waals surface area contributed by atoms with E-state index >= 15 is 0 Å². The number of hydrogen-bond acceptors (Lipinski definition) is 4. The van der Waals surface area contributed by atoms with Crippen LogP contribution in [0, 0.1) is 17.7 Å². The topological polar surface area (TPSA) is 69.6 Å². The molecule has 0 radical (unpaired) electrons.